The summed E-state index contributed by atoms with van der Waals surface area (Å²) in [6.07, 6.45) is 0.659. The van der Waals surface area contributed by atoms with E-state index in [1.54, 1.807) is 32.1 Å². The average Bonchev–Trinajstić information content (AvgIpc) is 3.04. The van der Waals surface area contributed by atoms with Crippen molar-refractivity contribution in [2.45, 2.75) is 39.6 Å². The number of ether oxygens (including phenoxy) is 5. The first-order valence-electron chi connectivity index (χ1n) is 14.3. The van der Waals surface area contributed by atoms with E-state index >= 15 is 0 Å². The summed E-state index contributed by atoms with van der Waals surface area (Å²) in [4.78, 5) is 25.8. The number of hydrogen-bond acceptors (Lipinski definition) is 7. The predicted molar refractivity (Wildman–Crippen MR) is 164 cm³/mol. The van der Waals surface area contributed by atoms with Crippen molar-refractivity contribution >= 4 is 18.0 Å². The highest BCUT2D eigenvalue weighted by Crippen LogP contribution is 2.21. The molecule has 1 atom stereocenters. The lowest BCUT2D eigenvalue weighted by Gasteiger charge is -2.19. The molecule has 7 nitrogen and oxygen atoms in total. The molecule has 0 heterocycles. The second-order valence-corrected chi connectivity index (χ2v) is 9.55. The monoisotopic (exact) mass is 580 g/mol. The number of rotatable bonds is 15. The molecule has 0 aliphatic rings. The molecule has 0 unspecified atom stereocenters. The Kier molecular flexibility index (Phi) is 11.8. The number of benzene rings is 4. The highest BCUT2D eigenvalue weighted by molar-refractivity contribution is 5.92. The molecular weight excluding hydrogens is 544 g/mol. The third kappa shape index (κ3) is 10.1. The zero-order chi connectivity index (χ0) is 30.3. The van der Waals surface area contributed by atoms with Gasteiger partial charge in [-0.05, 0) is 66.4 Å². The maximum Gasteiger partial charge on any atom is 0.373 e. The molecule has 0 bridgehead atoms. The van der Waals surface area contributed by atoms with Gasteiger partial charge in [-0.1, -0.05) is 84.9 Å². The summed E-state index contributed by atoms with van der Waals surface area (Å²) in [6.45, 7) is 4.64. The van der Waals surface area contributed by atoms with E-state index in [1.807, 2.05) is 97.1 Å². The second-order valence-electron chi connectivity index (χ2n) is 9.55. The maximum absolute atomic E-state index is 12.9. The molecule has 0 fully saturated rings. The van der Waals surface area contributed by atoms with Gasteiger partial charge in [0, 0.05) is 6.42 Å². The van der Waals surface area contributed by atoms with E-state index in [0.717, 1.165) is 16.7 Å². The average molecular weight is 581 g/mol. The molecule has 4 aromatic carbocycles. The molecule has 0 aliphatic carbocycles. The Morgan fingerprint density at radius 3 is 1.65 bits per heavy atom. The lowest BCUT2D eigenvalue weighted by molar-refractivity contribution is -0.157. The molecular formula is C36H36O7. The van der Waals surface area contributed by atoms with E-state index in [-0.39, 0.29) is 25.4 Å². The number of carbonyl (C=O) groups is 2. The summed E-state index contributed by atoms with van der Waals surface area (Å²) in [5.41, 5.74) is 3.62. The van der Waals surface area contributed by atoms with E-state index in [0.29, 0.717) is 30.3 Å². The maximum atomic E-state index is 12.9. The Bertz CT molecular complexity index is 1450. The minimum Gasteiger partial charge on any atom is -0.489 e. The number of esters is 2. The van der Waals surface area contributed by atoms with Crippen molar-refractivity contribution in [3.05, 3.63) is 137 Å². The molecule has 0 N–H and O–H groups in total. The number of hydrogen-bond donors (Lipinski definition) is 0. The Balaban J connectivity index is 1.45. The third-order valence-corrected chi connectivity index (χ3v) is 6.31. The topological polar surface area (TPSA) is 80.3 Å². The van der Waals surface area contributed by atoms with Gasteiger partial charge in [-0.2, -0.15) is 0 Å². The van der Waals surface area contributed by atoms with Crippen LogP contribution in [0.15, 0.2) is 115 Å². The van der Waals surface area contributed by atoms with Gasteiger partial charge in [0.15, 0.2) is 6.10 Å². The van der Waals surface area contributed by atoms with Crippen LogP contribution in [0.25, 0.3) is 6.08 Å². The molecule has 0 aliphatic heterocycles. The Labute approximate surface area is 252 Å². The summed E-state index contributed by atoms with van der Waals surface area (Å²) in [5, 5.41) is 0. The standard InChI is InChI=1S/C36H36O7/c1-3-39-35(37)33(23-27-15-19-31(20-16-27)41-25-29-11-7-5-8-12-29)43-34(36(38)40-4-2)24-28-17-21-32(22-18-28)42-26-30-13-9-6-10-14-30/h5-23,34H,3-4,24-26H2,1-2H3/b33-23-/t34-/m0/s1. The van der Waals surface area contributed by atoms with Crippen LogP contribution in [0.4, 0.5) is 0 Å². The van der Waals surface area contributed by atoms with Crippen molar-refractivity contribution in [1.82, 2.24) is 0 Å². The quantitative estimate of drug-likeness (QED) is 0.0856. The molecule has 4 aromatic rings. The Hall–Kier alpha value is -5.04. The van der Waals surface area contributed by atoms with Gasteiger partial charge in [0.25, 0.3) is 0 Å². The predicted octanol–water partition coefficient (Wildman–Crippen LogP) is 6.94. The SMILES string of the molecule is CCOC(=O)/C(=C/c1ccc(OCc2ccccc2)cc1)O[C@@H](Cc1ccc(OCc2ccccc2)cc1)C(=O)OCC. The van der Waals surface area contributed by atoms with Crippen molar-refractivity contribution in [2.24, 2.45) is 0 Å². The highest BCUT2D eigenvalue weighted by Gasteiger charge is 2.27. The smallest absolute Gasteiger partial charge is 0.373 e. The van der Waals surface area contributed by atoms with Gasteiger partial charge in [-0.15, -0.1) is 0 Å². The summed E-state index contributed by atoms with van der Waals surface area (Å²) in [7, 11) is 0. The van der Waals surface area contributed by atoms with Crippen molar-refractivity contribution in [3.8, 4) is 11.5 Å². The van der Waals surface area contributed by atoms with Crippen LogP contribution in [0, 0.1) is 0 Å². The van der Waals surface area contributed by atoms with E-state index in [2.05, 4.69) is 0 Å². The fourth-order valence-electron chi connectivity index (χ4n) is 4.13. The molecule has 222 valence electrons. The van der Waals surface area contributed by atoms with E-state index in [9.17, 15) is 9.59 Å². The zero-order valence-electron chi connectivity index (χ0n) is 24.4. The molecule has 0 saturated carbocycles. The van der Waals surface area contributed by atoms with Crippen molar-refractivity contribution in [1.29, 1.82) is 0 Å². The van der Waals surface area contributed by atoms with Gasteiger partial charge in [0.2, 0.25) is 5.76 Å². The van der Waals surface area contributed by atoms with Gasteiger partial charge in [0.05, 0.1) is 13.2 Å². The molecule has 0 amide bonds. The van der Waals surface area contributed by atoms with Crippen LogP contribution in [0.2, 0.25) is 0 Å². The molecule has 0 aromatic heterocycles. The third-order valence-electron chi connectivity index (χ3n) is 6.31. The van der Waals surface area contributed by atoms with Crippen LogP contribution in [-0.4, -0.2) is 31.3 Å². The number of carbonyl (C=O) groups excluding carboxylic acids is 2. The van der Waals surface area contributed by atoms with Crippen LogP contribution in [0.5, 0.6) is 11.5 Å². The molecule has 43 heavy (non-hydrogen) atoms. The van der Waals surface area contributed by atoms with Crippen LogP contribution in [-0.2, 0) is 43.4 Å². The lowest BCUT2D eigenvalue weighted by atomic mass is 10.1. The van der Waals surface area contributed by atoms with Crippen LogP contribution >= 0.6 is 0 Å². The van der Waals surface area contributed by atoms with Gasteiger partial charge >= 0.3 is 11.9 Å². The molecule has 7 heteroatoms. The first-order valence-corrected chi connectivity index (χ1v) is 14.3. The van der Waals surface area contributed by atoms with Crippen LogP contribution in [0.1, 0.15) is 36.1 Å². The van der Waals surface area contributed by atoms with Crippen LogP contribution in [0.3, 0.4) is 0 Å². The van der Waals surface area contributed by atoms with Gasteiger partial charge in [-0.25, -0.2) is 9.59 Å². The second kappa shape index (κ2) is 16.4. The fraction of sp³-hybridized carbons (Fsp3) is 0.222. The fourth-order valence-corrected chi connectivity index (χ4v) is 4.13. The van der Waals surface area contributed by atoms with Gasteiger partial charge < -0.3 is 23.7 Å². The van der Waals surface area contributed by atoms with Crippen LogP contribution < -0.4 is 9.47 Å². The summed E-state index contributed by atoms with van der Waals surface area (Å²) in [6, 6.07) is 34.4. The zero-order valence-corrected chi connectivity index (χ0v) is 24.4. The van der Waals surface area contributed by atoms with E-state index in [1.165, 1.54) is 0 Å². The summed E-state index contributed by atoms with van der Waals surface area (Å²) in [5.74, 6) is 0.0306. The Morgan fingerprint density at radius 1 is 0.628 bits per heavy atom. The highest BCUT2D eigenvalue weighted by atomic mass is 16.6. The summed E-state index contributed by atoms with van der Waals surface area (Å²) < 4.78 is 28.2. The molecule has 0 spiro atoms. The lowest BCUT2D eigenvalue weighted by Crippen LogP contribution is -2.30. The first kappa shape index (κ1) is 30.9. The minimum atomic E-state index is -1.07. The van der Waals surface area contributed by atoms with Crippen molar-refractivity contribution in [3.63, 3.8) is 0 Å². The van der Waals surface area contributed by atoms with Crippen molar-refractivity contribution < 1.29 is 33.3 Å². The van der Waals surface area contributed by atoms with Crippen molar-refractivity contribution in [2.75, 3.05) is 13.2 Å². The van der Waals surface area contributed by atoms with Gasteiger partial charge in [-0.3, -0.25) is 0 Å². The molecule has 0 radical (unpaired) electrons. The largest absolute Gasteiger partial charge is 0.489 e. The minimum absolute atomic E-state index is 0.0966. The van der Waals surface area contributed by atoms with Gasteiger partial charge in [0.1, 0.15) is 24.7 Å². The summed E-state index contributed by atoms with van der Waals surface area (Å²) >= 11 is 0. The molecule has 0 saturated heterocycles. The normalized spacial score (nSPS) is 11.7. The Morgan fingerprint density at radius 2 is 1.14 bits per heavy atom. The van der Waals surface area contributed by atoms with E-state index < -0.39 is 18.0 Å². The first-order chi connectivity index (χ1) is 21.0. The van der Waals surface area contributed by atoms with E-state index in [4.69, 9.17) is 23.7 Å². The molecule has 4 rings (SSSR count).